The molecular weight excluding hydrogens is 333 g/mol. The summed E-state index contributed by atoms with van der Waals surface area (Å²) in [5.74, 6) is -1.31. The van der Waals surface area contributed by atoms with Gasteiger partial charge in [-0.15, -0.1) is 11.6 Å². The summed E-state index contributed by atoms with van der Waals surface area (Å²) in [7, 11) is -3.09. The fourth-order valence-corrected chi connectivity index (χ4v) is 2.61. The summed E-state index contributed by atoms with van der Waals surface area (Å²) in [6.07, 6.45) is -1.60. The number of carboxylic acids is 1. The number of rotatable bonds is 8. The van der Waals surface area contributed by atoms with E-state index in [1.54, 1.807) is 30.3 Å². The topological polar surface area (TPSA) is 104 Å². The lowest BCUT2D eigenvalue weighted by Gasteiger charge is -2.26. The normalized spacial score (nSPS) is 13.2. The van der Waals surface area contributed by atoms with Crippen LogP contribution >= 0.6 is 19.6 Å². The molecule has 0 aliphatic heterocycles. The number of halogens is 1. The molecule has 9 heteroatoms. The molecule has 0 saturated carbocycles. The first-order valence-corrected chi connectivity index (χ1v) is 8.53. The monoisotopic (exact) mass is 349 g/mol. The number of benzene rings is 1. The molecule has 122 valence electrons. The van der Waals surface area contributed by atoms with Crippen LogP contribution in [0.25, 0.3) is 0 Å². The van der Waals surface area contributed by atoms with Crippen LogP contribution in [0.2, 0.25) is 0 Å². The summed E-state index contributed by atoms with van der Waals surface area (Å²) in [5.41, 5.74) is 0.719. The number of carbonyl (C=O) groups excluding carboxylic acids is 1. The Hall–Kier alpha value is -1.56. The lowest BCUT2D eigenvalue weighted by molar-refractivity contribution is -0.142. The maximum absolute atomic E-state index is 12.0. The smallest absolute Gasteiger partial charge is 0.411 e. The molecule has 0 spiro atoms. The molecule has 0 aromatic heterocycles. The van der Waals surface area contributed by atoms with Crippen molar-refractivity contribution in [2.24, 2.45) is 0 Å². The lowest BCUT2D eigenvalue weighted by Crippen LogP contribution is -2.45. The summed E-state index contributed by atoms with van der Waals surface area (Å²) in [6.45, 7) is -0.0598. The number of alkyl halides is 1. The highest BCUT2D eigenvalue weighted by molar-refractivity contribution is 7.37. The van der Waals surface area contributed by atoms with E-state index in [0.29, 0.717) is 0 Å². The second-order valence-electron chi connectivity index (χ2n) is 4.39. The van der Waals surface area contributed by atoms with Gasteiger partial charge in [0.05, 0.1) is 6.29 Å². The van der Waals surface area contributed by atoms with E-state index >= 15 is 0 Å². The molecule has 22 heavy (non-hydrogen) atoms. The minimum atomic E-state index is -3.09. The van der Waals surface area contributed by atoms with Crippen LogP contribution in [0.15, 0.2) is 30.3 Å². The van der Waals surface area contributed by atoms with Crippen molar-refractivity contribution in [1.29, 1.82) is 0 Å². The molecule has 0 saturated heterocycles. The molecule has 2 atom stereocenters. The van der Waals surface area contributed by atoms with Gasteiger partial charge in [-0.1, -0.05) is 30.3 Å². The van der Waals surface area contributed by atoms with Gasteiger partial charge in [-0.2, -0.15) is 0 Å². The molecule has 1 aromatic rings. The van der Waals surface area contributed by atoms with Crippen molar-refractivity contribution in [3.63, 3.8) is 0 Å². The summed E-state index contributed by atoms with van der Waals surface area (Å²) < 4.78 is 16.0. The van der Waals surface area contributed by atoms with Gasteiger partial charge in [0.15, 0.2) is 0 Å². The van der Waals surface area contributed by atoms with Gasteiger partial charge in [0.2, 0.25) is 8.03 Å². The van der Waals surface area contributed by atoms with Crippen molar-refractivity contribution in [1.82, 2.24) is 4.90 Å². The molecule has 0 aliphatic rings. The number of hydrogen-bond donors (Lipinski definition) is 2. The predicted octanol–water partition coefficient (Wildman–Crippen LogP) is 2.13. The zero-order valence-electron chi connectivity index (χ0n) is 11.6. The molecule has 2 unspecified atom stereocenters. The third kappa shape index (κ3) is 6.05. The molecule has 1 rings (SSSR count). The highest BCUT2D eigenvalue weighted by Gasteiger charge is 2.31. The SMILES string of the molecule is O=C(O)C(CCCl)N(C[PH](=O)O)C(=O)OCc1ccccc1. The van der Waals surface area contributed by atoms with Crippen molar-refractivity contribution < 1.29 is 28.9 Å². The highest BCUT2D eigenvalue weighted by Crippen LogP contribution is 2.20. The van der Waals surface area contributed by atoms with Gasteiger partial charge >= 0.3 is 12.1 Å². The van der Waals surface area contributed by atoms with Gasteiger partial charge in [0, 0.05) is 5.88 Å². The van der Waals surface area contributed by atoms with Crippen LogP contribution < -0.4 is 0 Å². The van der Waals surface area contributed by atoms with E-state index in [2.05, 4.69) is 0 Å². The van der Waals surface area contributed by atoms with Crippen molar-refractivity contribution in [3.05, 3.63) is 35.9 Å². The number of carbonyl (C=O) groups is 2. The second kappa shape index (κ2) is 9.46. The number of nitrogens with zero attached hydrogens (tertiary/aromatic N) is 1. The Balaban J connectivity index is 2.78. The van der Waals surface area contributed by atoms with Crippen LogP contribution in [-0.2, 0) is 20.7 Å². The molecule has 1 amide bonds. The molecular formula is C13H17ClNO6P. The van der Waals surface area contributed by atoms with Crippen molar-refractivity contribution in [2.75, 3.05) is 12.2 Å². The number of ether oxygens (including phenoxy) is 1. The van der Waals surface area contributed by atoms with Gasteiger partial charge < -0.3 is 14.7 Å². The minimum Gasteiger partial charge on any atom is -0.480 e. The fourth-order valence-electron chi connectivity index (χ4n) is 1.77. The van der Waals surface area contributed by atoms with Crippen molar-refractivity contribution in [2.45, 2.75) is 19.1 Å². The van der Waals surface area contributed by atoms with Crippen LogP contribution in [0.4, 0.5) is 4.79 Å². The summed E-state index contributed by atoms with van der Waals surface area (Å²) in [5, 5.41) is 9.14. The Bertz CT molecular complexity index is 527. The molecule has 0 fully saturated rings. The van der Waals surface area contributed by atoms with Crippen molar-refractivity contribution in [3.8, 4) is 0 Å². The summed E-state index contributed by atoms with van der Waals surface area (Å²) in [6, 6.07) is 7.50. The first-order valence-electron chi connectivity index (χ1n) is 6.43. The standard InChI is InChI=1S/C13H17ClNO6P/c14-7-6-11(12(16)17)15(9-22(19)20)13(18)21-8-10-4-2-1-3-5-10/h1-5,11,22H,6-9H2,(H,16,17)(H,19,20). The van der Waals surface area contributed by atoms with E-state index in [9.17, 15) is 14.2 Å². The van der Waals surface area contributed by atoms with E-state index in [1.165, 1.54) is 0 Å². The van der Waals surface area contributed by atoms with Crippen LogP contribution in [0.1, 0.15) is 12.0 Å². The Labute approximate surface area is 133 Å². The van der Waals surface area contributed by atoms with Gasteiger partial charge in [-0.25, -0.2) is 9.59 Å². The van der Waals surface area contributed by atoms with E-state index in [0.717, 1.165) is 10.5 Å². The zero-order chi connectivity index (χ0) is 16.5. The average Bonchev–Trinajstić information content (AvgIpc) is 2.49. The minimum absolute atomic E-state index is 0.00814. The first kappa shape index (κ1) is 18.5. The summed E-state index contributed by atoms with van der Waals surface area (Å²) >= 11 is 5.52. The third-order valence-corrected chi connectivity index (χ3v) is 3.62. The van der Waals surface area contributed by atoms with Crippen LogP contribution in [0, 0.1) is 0 Å². The Morgan fingerprint density at radius 1 is 1.32 bits per heavy atom. The zero-order valence-corrected chi connectivity index (χ0v) is 13.4. The number of aliphatic carboxylic acids is 1. The van der Waals surface area contributed by atoms with E-state index < -0.39 is 32.4 Å². The molecule has 1 aromatic carbocycles. The van der Waals surface area contributed by atoms with Crippen LogP contribution in [0.5, 0.6) is 0 Å². The van der Waals surface area contributed by atoms with E-state index in [-0.39, 0.29) is 18.9 Å². The van der Waals surface area contributed by atoms with Crippen LogP contribution in [0.3, 0.4) is 0 Å². The van der Waals surface area contributed by atoms with Gasteiger partial charge in [-0.3, -0.25) is 9.46 Å². The Kier molecular flexibility index (Phi) is 7.95. The number of hydrogen-bond acceptors (Lipinski definition) is 4. The molecule has 2 N–H and O–H groups in total. The second-order valence-corrected chi connectivity index (χ2v) is 5.88. The Morgan fingerprint density at radius 2 is 1.95 bits per heavy atom. The number of carboxylic acid groups (broad SMARTS) is 1. The molecule has 0 bridgehead atoms. The lowest BCUT2D eigenvalue weighted by atomic mass is 10.2. The van der Waals surface area contributed by atoms with Crippen molar-refractivity contribution >= 4 is 31.7 Å². The van der Waals surface area contributed by atoms with Crippen LogP contribution in [-0.4, -0.2) is 45.2 Å². The predicted molar refractivity (Wildman–Crippen MR) is 81.3 cm³/mol. The molecule has 0 radical (unpaired) electrons. The fraction of sp³-hybridized carbons (Fsp3) is 0.385. The van der Waals surface area contributed by atoms with E-state index in [1.807, 2.05) is 0 Å². The number of amides is 1. The summed E-state index contributed by atoms with van der Waals surface area (Å²) in [4.78, 5) is 33.0. The highest BCUT2D eigenvalue weighted by atomic mass is 35.5. The largest absolute Gasteiger partial charge is 0.480 e. The third-order valence-electron chi connectivity index (χ3n) is 2.79. The average molecular weight is 350 g/mol. The van der Waals surface area contributed by atoms with Gasteiger partial charge in [0.25, 0.3) is 0 Å². The van der Waals surface area contributed by atoms with Gasteiger partial charge in [-0.05, 0) is 12.0 Å². The maximum Gasteiger partial charge on any atom is 0.411 e. The first-order chi connectivity index (χ1) is 10.5. The maximum atomic E-state index is 12.0. The quantitative estimate of drug-likeness (QED) is 0.550. The Morgan fingerprint density at radius 3 is 2.45 bits per heavy atom. The molecule has 7 nitrogen and oxygen atoms in total. The molecule has 0 aliphatic carbocycles. The van der Waals surface area contributed by atoms with E-state index in [4.69, 9.17) is 26.3 Å². The molecule has 0 heterocycles. The van der Waals surface area contributed by atoms with Gasteiger partial charge in [0.1, 0.15) is 12.6 Å².